The second-order valence-corrected chi connectivity index (χ2v) is 22.8. The molecule has 12 rings (SSSR count). The SMILES string of the molecule is CC(C)(C)OC(=O)N1CCN(c2ccc(-c3ccc4cn(C(C(=O)Nc5nccs5)c5ccccc5)nc4c3Cl)cn2)CC1.O=C(Nc1nccs1)C(c1ccccc1)n1cc2ccc(-c3ccc(N4CCNCC4)nc3)c(Cl)c2n1. The first-order valence-corrected chi connectivity index (χ1v) is 28.8. The van der Waals surface area contributed by atoms with Gasteiger partial charge in [0.25, 0.3) is 11.8 Å². The molecule has 4 aromatic carbocycles. The van der Waals surface area contributed by atoms with Crippen molar-refractivity contribution < 1.29 is 19.1 Å². The highest BCUT2D eigenvalue weighted by atomic mass is 35.5. The Kier molecular flexibility index (Phi) is 16.3. The fourth-order valence-electron chi connectivity index (χ4n) is 9.70. The zero-order valence-electron chi connectivity index (χ0n) is 44.4. The van der Waals surface area contributed by atoms with Gasteiger partial charge in [0.1, 0.15) is 28.3 Å². The van der Waals surface area contributed by atoms with E-state index in [1.807, 2.05) is 159 Å². The van der Waals surface area contributed by atoms with Crippen LogP contribution in [0.25, 0.3) is 44.1 Å². The largest absolute Gasteiger partial charge is 0.444 e. The smallest absolute Gasteiger partial charge is 0.410 e. The maximum atomic E-state index is 13.5. The monoisotopic (exact) mass is 1160 g/mol. The van der Waals surface area contributed by atoms with E-state index >= 15 is 0 Å². The van der Waals surface area contributed by atoms with E-state index in [0.717, 1.165) is 82.0 Å². The van der Waals surface area contributed by atoms with Crippen LogP contribution in [0.5, 0.6) is 0 Å². The number of rotatable bonds is 12. The number of nitrogens with one attached hydrogen (secondary N) is 3. The van der Waals surface area contributed by atoms with Crippen LogP contribution in [0.15, 0.2) is 157 Å². The van der Waals surface area contributed by atoms with Crippen LogP contribution in [0.4, 0.5) is 26.7 Å². The first-order valence-electron chi connectivity index (χ1n) is 26.3. The van der Waals surface area contributed by atoms with Crippen molar-refractivity contribution in [2.24, 2.45) is 0 Å². The number of nitrogens with zero attached hydrogens (tertiary/aromatic N) is 11. The van der Waals surface area contributed by atoms with Crippen LogP contribution in [0.2, 0.25) is 10.0 Å². The summed E-state index contributed by atoms with van der Waals surface area (Å²) in [6.07, 6.45) is 10.4. The third kappa shape index (κ3) is 12.5. The minimum Gasteiger partial charge on any atom is -0.444 e. The van der Waals surface area contributed by atoms with Crippen molar-refractivity contribution >= 4 is 107 Å². The van der Waals surface area contributed by atoms with Crippen LogP contribution in [0.3, 0.4) is 0 Å². The van der Waals surface area contributed by atoms with Crippen LogP contribution in [0, 0.1) is 0 Å². The van der Waals surface area contributed by atoms with Crippen LogP contribution >= 0.6 is 45.9 Å². The summed E-state index contributed by atoms with van der Waals surface area (Å²) in [5.41, 5.74) is 5.72. The Hall–Kier alpha value is -8.27. The molecule has 412 valence electrons. The molecule has 18 nitrogen and oxygen atoms in total. The lowest BCUT2D eigenvalue weighted by Crippen LogP contribution is -2.50. The molecule has 2 saturated heterocycles. The zero-order valence-corrected chi connectivity index (χ0v) is 47.6. The topological polar surface area (TPSA) is 193 Å². The summed E-state index contributed by atoms with van der Waals surface area (Å²) < 4.78 is 8.83. The quantitative estimate of drug-likeness (QED) is 0.105. The molecule has 2 atom stereocenters. The molecular formula is C59H56Cl2N14O4S2. The minimum absolute atomic E-state index is 0.224. The van der Waals surface area contributed by atoms with Crippen molar-refractivity contribution in [3.8, 4) is 22.3 Å². The second kappa shape index (κ2) is 24.2. The van der Waals surface area contributed by atoms with Crippen LogP contribution < -0.4 is 25.8 Å². The minimum atomic E-state index is -0.719. The number of benzene rings is 4. The molecule has 0 saturated carbocycles. The standard InChI is InChI=1S/C32H32ClN7O3S.C27H24ClN7OS/c1-32(2,3)43-31(42)39-16-14-38(15-17-39)25-12-10-22(19-35-25)24-11-9-23-20-40(37-27(23)26(24)33)28(21-7-5-4-6-8-21)29(41)36-30-34-13-18-44-30;28-23-21(19-7-9-22(31-16-19)34-13-10-29-11-14-34)8-6-20-17-35(33-24(20)23)25(18-4-2-1-3-5-18)26(36)32-27-30-12-15-37-27/h4-13,18-20,28H,14-17H2,1-3H3,(H,34,36,41);1-9,12,15-17,25,29H,10-11,13-14H2,(H,30,32,36). The first kappa shape index (κ1) is 54.7. The number of pyridine rings is 2. The Bertz CT molecular complexity index is 3770. The predicted molar refractivity (Wildman–Crippen MR) is 322 cm³/mol. The van der Waals surface area contributed by atoms with Crippen molar-refractivity contribution in [3.63, 3.8) is 0 Å². The summed E-state index contributed by atoms with van der Waals surface area (Å²) in [4.78, 5) is 63.2. The average molecular weight is 1160 g/mol. The molecule has 3 amide bonds. The lowest BCUT2D eigenvalue weighted by atomic mass is 10.1. The maximum absolute atomic E-state index is 13.5. The molecule has 22 heteroatoms. The highest BCUT2D eigenvalue weighted by molar-refractivity contribution is 7.14. The number of carbonyl (C=O) groups is 3. The number of fused-ring (bicyclic) bond motifs is 2. The van der Waals surface area contributed by atoms with Crippen molar-refractivity contribution in [1.29, 1.82) is 0 Å². The molecule has 2 aliphatic rings. The van der Waals surface area contributed by atoms with Gasteiger partial charge in [0.15, 0.2) is 22.3 Å². The Morgan fingerprint density at radius 3 is 1.44 bits per heavy atom. The van der Waals surface area contributed by atoms with Crippen LogP contribution in [-0.2, 0) is 14.3 Å². The summed E-state index contributed by atoms with van der Waals surface area (Å²) in [7, 11) is 0. The van der Waals surface area contributed by atoms with E-state index in [1.165, 1.54) is 22.7 Å². The normalized spacial score (nSPS) is 14.5. The number of aromatic nitrogens is 8. The molecule has 0 aliphatic carbocycles. The van der Waals surface area contributed by atoms with E-state index in [0.29, 0.717) is 57.5 Å². The van der Waals surface area contributed by atoms with Gasteiger partial charge in [-0.3, -0.25) is 29.6 Å². The summed E-state index contributed by atoms with van der Waals surface area (Å²) in [6.45, 7) is 11.9. The zero-order chi connectivity index (χ0) is 56.0. The molecule has 8 heterocycles. The predicted octanol–water partition coefficient (Wildman–Crippen LogP) is 11.3. The van der Waals surface area contributed by atoms with Crippen LogP contribution in [-0.4, -0.2) is 120 Å². The lowest BCUT2D eigenvalue weighted by molar-refractivity contribution is -0.119. The molecule has 2 aliphatic heterocycles. The number of halogens is 2. The van der Waals surface area contributed by atoms with Gasteiger partial charge in [-0.25, -0.2) is 24.7 Å². The lowest BCUT2D eigenvalue weighted by Gasteiger charge is -2.36. The van der Waals surface area contributed by atoms with Gasteiger partial charge >= 0.3 is 6.09 Å². The van der Waals surface area contributed by atoms with Gasteiger partial charge in [0, 0.05) is 133 Å². The van der Waals surface area contributed by atoms with Gasteiger partial charge < -0.3 is 24.8 Å². The Labute approximate surface area is 485 Å². The number of anilines is 4. The summed E-state index contributed by atoms with van der Waals surface area (Å²) in [5.74, 6) is 1.32. The van der Waals surface area contributed by atoms with E-state index in [-0.39, 0.29) is 17.9 Å². The van der Waals surface area contributed by atoms with Gasteiger partial charge in [-0.2, -0.15) is 10.2 Å². The molecule has 0 bridgehead atoms. The van der Waals surface area contributed by atoms with Gasteiger partial charge in [-0.05, 0) is 56.2 Å². The summed E-state index contributed by atoms with van der Waals surface area (Å²) >= 11 is 16.6. The number of amides is 3. The highest BCUT2D eigenvalue weighted by Crippen LogP contribution is 2.37. The van der Waals surface area contributed by atoms with Gasteiger partial charge in [0.2, 0.25) is 0 Å². The maximum Gasteiger partial charge on any atom is 0.410 e. The van der Waals surface area contributed by atoms with E-state index < -0.39 is 17.7 Å². The molecular weight excluding hydrogens is 1100 g/mol. The van der Waals surface area contributed by atoms with Crippen molar-refractivity contribution in [1.82, 2.24) is 49.7 Å². The van der Waals surface area contributed by atoms with Gasteiger partial charge in [0.05, 0.1) is 10.0 Å². The van der Waals surface area contributed by atoms with Crippen molar-refractivity contribution in [3.05, 3.63) is 178 Å². The third-order valence-electron chi connectivity index (χ3n) is 13.7. The van der Waals surface area contributed by atoms with E-state index in [2.05, 4.69) is 40.7 Å². The number of thiazole rings is 2. The summed E-state index contributed by atoms with van der Waals surface area (Å²) in [6, 6.07) is 33.5. The fourth-order valence-corrected chi connectivity index (χ4v) is 11.4. The molecule has 0 spiro atoms. The number of hydrogen-bond acceptors (Lipinski definition) is 15. The number of piperazine rings is 2. The molecule has 3 N–H and O–H groups in total. The third-order valence-corrected chi connectivity index (χ3v) is 15.8. The van der Waals surface area contributed by atoms with Gasteiger partial charge in [-0.15, -0.1) is 22.7 Å². The number of hydrogen-bond donors (Lipinski definition) is 3. The highest BCUT2D eigenvalue weighted by Gasteiger charge is 2.29. The molecule has 81 heavy (non-hydrogen) atoms. The Balaban J connectivity index is 0.000000173. The number of ether oxygens (including phenoxy) is 1. The van der Waals surface area contributed by atoms with Crippen LogP contribution in [0.1, 0.15) is 44.0 Å². The molecule has 2 fully saturated rings. The molecule has 6 aromatic heterocycles. The van der Waals surface area contributed by atoms with E-state index in [4.69, 9.17) is 43.1 Å². The molecule has 10 aromatic rings. The van der Waals surface area contributed by atoms with Gasteiger partial charge in [-0.1, -0.05) is 108 Å². The second-order valence-electron chi connectivity index (χ2n) is 20.2. The average Bonchev–Trinajstić information content (AvgIpc) is 4.53. The molecule has 0 radical (unpaired) electrons. The van der Waals surface area contributed by atoms with E-state index in [9.17, 15) is 14.4 Å². The van der Waals surface area contributed by atoms with Crippen molar-refractivity contribution in [2.45, 2.75) is 38.5 Å². The molecule has 2 unspecified atom stereocenters. The Morgan fingerprint density at radius 1 is 0.580 bits per heavy atom. The van der Waals surface area contributed by atoms with Crippen molar-refractivity contribution in [2.75, 3.05) is 72.8 Å². The number of carbonyl (C=O) groups excluding carboxylic acids is 3. The Morgan fingerprint density at radius 2 is 1.04 bits per heavy atom. The summed E-state index contributed by atoms with van der Waals surface area (Å²) in [5, 5.41) is 26.1. The first-order chi connectivity index (χ1) is 39.3. The fraction of sp³-hybridized carbons (Fsp3) is 0.237. The van der Waals surface area contributed by atoms with E-state index in [1.54, 1.807) is 32.9 Å².